The van der Waals surface area contributed by atoms with Crippen molar-refractivity contribution in [3.05, 3.63) is 65.3 Å². The Hall–Kier alpha value is -3.21. The van der Waals surface area contributed by atoms with Crippen molar-refractivity contribution >= 4 is 39.0 Å². The van der Waals surface area contributed by atoms with E-state index in [1.807, 2.05) is 19.1 Å². The van der Waals surface area contributed by atoms with Crippen LogP contribution in [0.3, 0.4) is 0 Å². The number of ether oxygens (including phenoxy) is 1. The second-order valence-electron chi connectivity index (χ2n) is 9.54. The molecule has 1 saturated carbocycles. The zero-order valence-electron chi connectivity index (χ0n) is 21.3. The molecule has 1 aliphatic carbocycles. The fraction of sp³-hybridized carbons (Fsp3) is 0.370. The first kappa shape index (κ1) is 26.4. The number of morpholine rings is 1. The summed E-state index contributed by atoms with van der Waals surface area (Å²) in [7, 11) is -3.82. The highest BCUT2D eigenvalue weighted by Crippen LogP contribution is 2.56. The van der Waals surface area contributed by atoms with Gasteiger partial charge in [-0.2, -0.15) is 0 Å². The maximum atomic E-state index is 13.9. The van der Waals surface area contributed by atoms with E-state index in [0.29, 0.717) is 67.7 Å². The first-order valence-electron chi connectivity index (χ1n) is 12.6. The summed E-state index contributed by atoms with van der Waals surface area (Å²) in [6, 6.07) is 15.3. The van der Waals surface area contributed by atoms with Gasteiger partial charge in [0.25, 0.3) is 0 Å². The molecule has 5 rings (SSSR count). The number of amides is 2. The van der Waals surface area contributed by atoms with E-state index >= 15 is 0 Å². The standard InChI is InChI=1S/C27H30ClN5O4S/c1-3-29-26(34)30-20-10-8-19(9-11-20)25-31-23(16-24(32-25)33-14-15-37-17-18(33)2)27(12-13-27)38(35,36)22-7-5-4-6-21(22)28/h4-11,16,18H,3,12-15,17H2,1-2H3,(H2,29,30,34)/t18-/m0/s1. The van der Waals surface area contributed by atoms with Crippen molar-refractivity contribution in [2.24, 2.45) is 0 Å². The second-order valence-corrected chi connectivity index (χ2v) is 12.2. The number of anilines is 2. The predicted molar refractivity (Wildman–Crippen MR) is 147 cm³/mol. The number of benzene rings is 2. The van der Waals surface area contributed by atoms with Gasteiger partial charge in [0.05, 0.1) is 34.9 Å². The number of nitrogens with one attached hydrogen (secondary N) is 2. The summed E-state index contributed by atoms with van der Waals surface area (Å²) in [5, 5.41) is 5.67. The summed E-state index contributed by atoms with van der Waals surface area (Å²) >= 11 is 6.33. The lowest BCUT2D eigenvalue weighted by Gasteiger charge is -2.34. The summed E-state index contributed by atoms with van der Waals surface area (Å²) in [5.41, 5.74) is 1.79. The molecule has 2 fully saturated rings. The van der Waals surface area contributed by atoms with E-state index in [2.05, 4.69) is 22.5 Å². The molecule has 2 aromatic carbocycles. The summed E-state index contributed by atoms with van der Waals surface area (Å²) < 4.78 is 32.3. The topological polar surface area (TPSA) is 114 Å². The first-order chi connectivity index (χ1) is 18.2. The van der Waals surface area contributed by atoms with Crippen LogP contribution in [-0.4, -0.2) is 56.8 Å². The number of hydrogen-bond donors (Lipinski definition) is 2. The molecule has 9 nitrogen and oxygen atoms in total. The third kappa shape index (κ3) is 4.95. The van der Waals surface area contributed by atoms with E-state index in [-0.39, 0.29) is 22.0 Å². The van der Waals surface area contributed by atoms with Crippen molar-refractivity contribution in [3.8, 4) is 11.4 Å². The van der Waals surface area contributed by atoms with Crippen molar-refractivity contribution in [1.82, 2.24) is 15.3 Å². The SMILES string of the molecule is CCNC(=O)Nc1ccc(-c2nc(N3CCOC[C@@H]3C)cc(C3(S(=O)(=O)c4ccccc4Cl)CC3)n2)cc1. The lowest BCUT2D eigenvalue weighted by molar-refractivity contribution is 0.0985. The molecule has 38 heavy (non-hydrogen) atoms. The predicted octanol–water partition coefficient (Wildman–Crippen LogP) is 4.63. The number of nitrogens with zero attached hydrogens (tertiary/aromatic N) is 3. The number of carbonyl (C=O) groups excluding carboxylic acids is 1. The molecule has 0 spiro atoms. The van der Waals surface area contributed by atoms with Crippen molar-refractivity contribution in [2.75, 3.05) is 36.5 Å². The fourth-order valence-electron chi connectivity index (χ4n) is 4.70. The Morgan fingerprint density at radius 1 is 1.16 bits per heavy atom. The number of hydrogen-bond acceptors (Lipinski definition) is 7. The van der Waals surface area contributed by atoms with Crippen molar-refractivity contribution in [3.63, 3.8) is 0 Å². The van der Waals surface area contributed by atoms with E-state index in [1.54, 1.807) is 42.5 Å². The summed E-state index contributed by atoms with van der Waals surface area (Å²) in [6.45, 7) is 6.16. The molecule has 1 aromatic heterocycles. The Bertz CT molecular complexity index is 1440. The van der Waals surface area contributed by atoms with Crippen LogP contribution >= 0.6 is 11.6 Å². The smallest absolute Gasteiger partial charge is 0.319 e. The van der Waals surface area contributed by atoms with Crippen LogP contribution in [-0.2, 0) is 19.3 Å². The molecule has 1 atom stereocenters. The van der Waals surface area contributed by atoms with Gasteiger partial charge in [0.1, 0.15) is 10.6 Å². The minimum Gasteiger partial charge on any atom is -0.377 e. The summed E-state index contributed by atoms with van der Waals surface area (Å²) in [4.78, 5) is 23.8. The Kier molecular flexibility index (Phi) is 7.30. The van der Waals surface area contributed by atoms with Gasteiger partial charge in [0.2, 0.25) is 0 Å². The fourth-order valence-corrected chi connectivity index (χ4v) is 7.16. The second kappa shape index (κ2) is 10.5. The Morgan fingerprint density at radius 2 is 1.89 bits per heavy atom. The maximum Gasteiger partial charge on any atom is 0.319 e. The van der Waals surface area contributed by atoms with Gasteiger partial charge >= 0.3 is 6.03 Å². The van der Waals surface area contributed by atoms with Gasteiger partial charge in [-0.15, -0.1) is 0 Å². The number of carbonyl (C=O) groups is 1. The average Bonchev–Trinajstić information content (AvgIpc) is 3.72. The lowest BCUT2D eigenvalue weighted by Crippen LogP contribution is -2.44. The van der Waals surface area contributed by atoms with Crippen LogP contribution in [0.15, 0.2) is 59.5 Å². The first-order valence-corrected chi connectivity index (χ1v) is 14.5. The molecule has 2 heterocycles. The van der Waals surface area contributed by atoms with E-state index in [1.165, 1.54) is 0 Å². The van der Waals surface area contributed by atoms with Gasteiger partial charge in [-0.25, -0.2) is 23.2 Å². The molecule has 1 saturated heterocycles. The van der Waals surface area contributed by atoms with Crippen molar-refractivity contribution in [2.45, 2.75) is 42.4 Å². The van der Waals surface area contributed by atoms with E-state index < -0.39 is 14.6 Å². The van der Waals surface area contributed by atoms with Gasteiger partial charge in [-0.1, -0.05) is 23.7 Å². The highest BCUT2D eigenvalue weighted by molar-refractivity contribution is 7.92. The van der Waals surface area contributed by atoms with Crippen molar-refractivity contribution in [1.29, 1.82) is 0 Å². The molecule has 0 unspecified atom stereocenters. The number of rotatable bonds is 7. The largest absolute Gasteiger partial charge is 0.377 e. The van der Waals surface area contributed by atoms with Gasteiger partial charge < -0.3 is 20.3 Å². The van der Waals surface area contributed by atoms with Crippen LogP contribution in [0.4, 0.5) is 16.3 Å². The number of sulfone groups is 1. The van der Waals surface area contributed by atoms with Crippen LogP contribution in [0.2, 0.25) is 5.02 Å². The zero-order valence-corrected chi connectivity index (χ0v) is 22.8. The van der Waals surface area contributed by atoms with E-state index in [4.69, 9.17) is 26.3 Å². The van der Waals surface area contributed by atoms with Gasteiger partial charge in [0, 0.05) is 30.4 Å². The highest BCUT2D eigenvalue weighted by Gasteiger charge is 2.58. The molecular weight excluding hydrogens is 526 g/mol. The summed E-state index contributed by atoms with van der Waals surface area (Å²) in [5.74, 6) is 1.08. The lowest BCUT2D eigenvalue weighted by atomic mass is 10.1. The molecular formula is C27H30ClN5O4S. The van der Waals surface area contributed by atoms with Gasteiger partial charge in [0.15, 0.2) is 15.7 Å². The van der Waals surface area contributed by atoms with Crippen LogP contribution in [0, 0.1) is 0 Å². The number of urea groups is 1. The van der Waals surface area contributed by atoms with Crippen LogP contribution in [0.25, 0.3) is 11.4 Å². The number of aromatic nitrogens is 2. The molecule has 0 radical (unpaired) electrons. The third-order valence-electron chi connectivity index (χ3n) is 6.92. The third-order valence-corrected chi connectivity index (χ3v) is 9.95. The van der Waals surface area contributed by atoms with Crippen LogP contribution < -0.4 is 15.5 Å². The van der Waals surface area contributed by atoms with Crippen LogP contribution in [0.1, 0.15) is 32.4 Å². The minimum absolute atomic E-state index is 0.0679. The van der Waals surface area contributed by atoms with Gasteiger partial charge in [-0.05, 0) is 63.1 Å². The quantitative estimate of drug-likeness (QED) is 0.437. The van der Waals surface area contributed by atoms with Crippen molar-refractivity contribution < 1.29 is 17.9 Å². The Labute approximate surface area is 227 Å². The Balaban J connectivity index is 1.58. The molecule has 2 amide bonds. The highest BCUT2D eigenvalue weighted by atomic mass is 35.5. The van der Waals surface area contributed by atoms with E-state index in [0.717, 1.165) is 0 Å². The molecule has 3 aromatic rings. The molecule has 1 aliphatic heterocycles. The van der Waals surface area contributed by atoms with E-state index in [9.17, 15) is 13.2 Å². The monoisotopic (exact) mass is 555 g/mol. The summed E-state index contributed by atoms with van der Waals surface area (Å²) in [6.07, 6.45) is 0.898. The molecule has 200 valence electrons. The molecule has 0 bridgehead atoms. The van der Waals surface area contributed by atoms with Gasteiger partial charge in [-0.3, -0.25) is 0 Å². The molecule has 11 heteroatoms. The Morgan fingerprint density at radius 3 is 2.55 bits per heavy atom. The maximum absolute atomic E-state index is 13.9. The minimum atomic E-state index is -3.82. The molecule has 2 N–H and O–H groups in total. The van der Waals surface area contributed by atoms with Crippen LogP contribution in [0.5, 0.6) is 0 Å². The number of halogens is 1. The zero-order chi connectivity index (χ0) is 26.9. The average molecular weight is 556 g/mol. The molecule has 2 aliphatic rings. The normalized spacial score (nSPS) is 18.6.